The summed E-state index contributed by atoms with van der Waals surface area (Å²) in [5.41, 5.74) is 2.55. The Bertz CT molecular complexity index is 1550. The van der Waals surface area contributed by atoms with Gasteiger partial charge in [-0.1, -0.05) is 6.07 Å². The van der Waals surface area contributed by atoms with E-state index in [2.05, 4.69) is 30.8 Å². The number of imide groups is 2. The number of piperazine rings is 1. The summed E-state index contributed by atoms with van der Waals surface area (Å²) in [7, 11) is 0. The number of aromatic nitrogens is 2. The molecule has 13 nitrogen and oxygen atoms in total. The van der Waals surface area contributed by atoms with Crippen molar-refractivity contribution in [1.82, 2.24) is 25.1 Å². The highest BCUT2D eigenvalue weighted by molar-refractivity contribution is 6.25. The highest BCUT2D eigenvalue weighted by Crippen LogP contribution is 2.32. The standard InChI is InChI=1S/C29H28N8O5/c38-23-10-9-22(26(40)34-23)37-27(41)20-3-1-4-21(25(20)28(37)42)32-17-24(39)36-15-13-35(14-16-36)19-7-5-18(6-8-19)33-29-30-11-2-12-31-29/h1-8,11-12,22,32H,9-10,13-17H2,(H,30,31,33)(H,34,38,40). The minimum Gasteiger partial charge on any atom is -0.375 e. The molecular formula is C29H28N8O5. The SMILES string of the molecule is O=C1CCC(N2C(=O)c3cccc(NCC(=O)N4CCN(c5ccc(Nc6ncccn6)cc5)CC4)c3C2=O)C(=O)N1. The zero-order chi connectivity index (χ0) is 29.2. The first-order valence-electron chi connectivity index (χ1n) is 13.6. The minimum absolute atomic E-state index is 0.0445. The number of amides is 5. The van der Waals surface area contributed by atoms with E-state index in [0.717, 1.165) is 16.3 Å². The number of carbonyl (C=O) groups excluding carboxylic acids is 5. The summed E-state index contributed by atoms with van der Waals surface area (Å²) >= 11 is 0. The molecule has 0 radical (unpaired) electrons. The molecule has 3 aromatic rings. The van der Waals surface area contributed by atoms with Crippen LogP contribution >= 0.6 is 0 Å². The number of carbonyl (C=O) groups is 5. The number of hydrogen-bond acceptors (Lipinski definition) is 10. The second-order valence-corrected chi connectivity index (χ2v) is 10.1. The Morgan fingerprint density at radius 1 is 0.905 bits per heavy atom. The molecule has 214 valence electrons. The van der Waals surface area contributed by atoms with E-state index >= 15 is 0 Å². The summed E-state index contributed by atoms with van der Waals surface area (Å²) in [6, 6.07) is 13.4. The predicted octanol–water partition coefficient (Wildman–Crippen LogP) is 1.38. The van der Waals surface area contributed by atoms with Crippen molar-refractivity contribution in [1.29, 1.82) is 0 Å². The molecule has 3 N–H and O–H groups in total. The van der Waals surface area contributed by atoms with Crippen molar-refractivity contribution in [2.45, 2.75) is 18.9 Å². The van der Waals surface area contributed by atoms with E-state index in [1.807, 2.05) is 24.3 Å². The maximum absolute atomic E-state index is 13.3. The van der Waals surface area contributed by atoms with Crippen molar-refractivity contribution < 1.29 is 24.0 Å². The quantitative estimate of drug-likeness (QED) is 0.356. The number of nitrogens with zero attached hydrogens (tertiary/aromatic N) is 5. The van der Waals surface area contributed by atoms with Gasteiger partial charge >= 0.3 is 0 Å². The lowest BCUT2D eigenvalue weighted by atomic mass is 10.0. The van der Waals surface area contributed by atoms with Crippen LogP contribution in [0.15, 0.2) is 60.9 Å². The van der Waals surface area contributed by atoms with Crippen molar-refractivity contribution in [3.8, 4) is 0 Å². The third-order valence-corrected chi connectivity index (χ3v) is 7.58. The Kier molecular flexibility index (Phi) is 7.21. The molecule has 1 aromatic heterocycles. The molecule has 0 spiro atoms. The summed E-state index contributed by atoms with van der Waals surface area (Å²) in [6.07, 6.45) is 3.46. The van der Waals surface area contributed by atoms with Crippen molar-refractivity contribution in [2.24, 2.45) is 0 Å². The Morgan fingerprint density at radius 3 is 2.36 bits per heavy atom. The van der Waals surface area contributed by atoms with E-state index in [1.54, 1.807) is 35.5 Å². The highest BCUT2D eigenvalue weighted by atomic mass is 16.2. The Balaban J connectivity index is 1.04. The third kappa shape index (κ3) is 5.23. The van der Waals surface area contributed by atoms with Gasteiger partial charge in [0.05, 0.1) is 17.7 Å². The molecule has 2 aromatic carbocycles. The number of rotatable bonds is 7. The van der Waals surface area contributed by atoms with Crippen molar-refractivity contribution >= 4 is 52.5 Å². The highest BCUT2D eigenvalue weighted by Gasteiger charge is 2.45. The van der Waals surface area contributed by atoms with Crippen LogP contribution in [-0.4, -0.2) is 88.1 Å². The number of hydrogen-bond donors (Lipinski definition) is 3. The molecular weight excluding hydrogens is 540 g/mol. The predicted molar refractivity (Wildman–Crippen MR) is 152 cm³/mol. The van der Waals surface area contributed by atoms with Gasteiger partial charge < -0.3 is 20.4 Å². The first kappa shape index (κ1) is 26.9. The van der Waals surface area contributed by atoms with Crippen molar-refractivity contribution in [2.75, 3.05) is 48.3 Å². The largest absolute Gasteiger partial charge is 0.375 e. The first-order valence-corrected chi connectivity index (χ1v) is 13.6. The summed E-state index contributed by atoms with van der Waals surface area (Å²) in [5, 5.41) is 8.37. The number of fused-ring (bicyclic) bond motifs is 1. The Morgan fingerprint density at radius 2 is 1.64 bits per heavy atom. The number of anilines is 4. The van der Waals surface area contributed by atoms with Gasteiger partial charge in [0.15, 0.2) is 0 Å². The number of benzene rings is 2. The zero-order valence-corrected chi connectivity index (χ0v) is 22.6. The van der Waals surface area contributed by atoms with Gasteiger partial charge in [0, 0.05) is 62.1 Å². The lowest BCUT2D eigenvalue weighted by Gasteiger charge is -2.36. The lowest BCUT2D eigenvalue weighted by molar-refractivity contribution is -0.136. The first-order chi connectivity index (χ1) is 20.4. The maximum Gasteiger partial charge on any atom is 0.264 e. The molecule has 42 heavy (non-hydrogen) atoms. The van der Waals surface area contributed by atoms with E-state index in [4.69, 9.17) is 0 Å². The smallest absolute Gasteiger partial charge is 0.264 e. The summed E-state index contributed by atoms with van der Waals surface area (Å²) in [6.45, 7) is 2.33. The molecule has 2 saturated heterocycles. The fourth-order valence-electron chi connectivity index (χ4n) is 5.41. The van der Waals surface area contributed by atoms with Gasteiger partial charge in [-0.05, 0) is 48.9 Å². The van der Waals surface area contributed by atoms with Gasteiger partial charge in [-0.2, -0.15) is 0 Å². The molecule has 1 unspecified atom stereocenters. The van der Waals surface area contributed by atoms with Gasteiger partial charge in [-0.3, -0.25) is 34.2 Å². The van der Waals surface area contributed by atoms with Crippen LogP contribution in [0.1, 0.15) is 33.6 Å². The van der Waals surface area contributed by atoms with Crippen LogP contribution in [0.4, 0.5) is 23.0 Å². The third-order valence-electron chi connectivity index (χ3n) is 7.58. The molecule has 13 heteroatoms. The summed E-state index contributed by atoms with van der Waals surface area (Å²) < 4.78 is 0. The van der Waals surface area contributed by atoms with E-state index in [0.29, 0.717) is 37.8 Å². The van der Waals surface area contributed by atoms with E-state index in [1.165, 1.54) is 6.07 Å². The van der Waals surface area contributed by atoms with Crippen molar-refractivity contribution in [3.05, 3.63) is 72.1 Å². The minimum atomic E-state index is -1.05. The van der Waals surface area contributed by atoms with Crippen LogP contribution < -0.4 is 20.9 Å². The average Bonchev–Trinajstić information content (AvgIpc) is 3.26. The normalized spacial score (nSPS) is 18.6. The fourth-order valence-corrected chi connectivity index (χ4v) is 5.41. The maximum atomic E-state index is 13.3. The summed E-state index contributed by atoms with van der Waals surface area (Å²) in [4.78, 5) is 76.5. The molecule has 0 bridgehead atoms. The van der Waals surface area contributed by atoms with Gasteiger partial charge in [-0.15, -0.1) is 0 Å². The van der Waals surface area contributed by atoms with Gasteiger partial charge in [0.2, 0.25) is 23.7 Å². The molecule has 4 heterocycles. The molecule has 6 rings (SSSR count). The second-order valence-electron chi connectivity index (χ2n) is 10.1. The van der Waals surface area contributed by atoms with Crippen LogP contribution in [0.5, 0.6) is 0 Å². The van der Waals surface area contributed by atoms with Crippen LogP contribution in [0, 0.1) is 0 Å². The van der Waals surface area contributed by atoms with Crippen molar-refractivity contribution in [3.63, 3.8) is 0 Å². The topological polar surface area (TPSA) is 157 Å². The summed E-state index contributed by atoms with van der Waals surface area (Å²) in [5.74, 6) is -1.92. The Labute approximate surface area is 240 Å². The van der Waals surface area contributed by atoms with Crippen LogP contribution in [0.3, 0.4) is 0 Å². The zero-order valence-electron chi connectivity index (χ0n) is 22.6. The number of nitrogens with one attached hydrogen (secondary N) is 3. The molecule has 5 amide bonds. The molecule has 3 aliphatic rings. The molecule has 0 aliphatic carbocycles. The molecule has 1 atom stereocenters. The monoisotopic (exact) mass is 568 g/mol. The fraction of sp³-hybridized carbons (Fsp3) is 0.276. The molecule has 0 saturated carbocycles. The van der Waals surface area contributed by atoms with Crippen LogP contribution in [0.25, 0.3) is 0 Å². The van der Waals surface area contributed by atoms with Crippen LogP contribution in [0.2, 0.25) is 0 Å². The van der Waals surface area contributed by atoms with Gasteiger partial charge in [0.1, 0.15) is 6.04 Å². The molecule has 3 aliphatic heterocycles. The Hall–Kier alpha value is -5.33. The van der Waals surface area contributed by atoms with Gasteiger partial charge in [-0.25, -0.2) is 9.97 Å². The lowest BCUT2D eigenvalue weighted by Crippen LogP contribution is -2.54. The second kappa shape index (κ2) is 11.3. The number of piperidine rings is 1. The molecule has 2 fully saturated rings. The van der Waals surface area contributed by atoms with Crippen LogP contribution in [-0.2, 0) is 14.4 Å². The van der Waals surface area contributed by atoms with E-state index in [-0.39, 0.29) is 36.4 Å². The van der Waals surface area contributed by atoms with Gasteiger partial charge in [0.25, 0.3) is 11.8 Å². The van der Waals surface area contributed by atoms with E-state index < -0.39 is 29.7 Å². The average molecular weight is 569 g/mol. The van der Waals surface area contributed by atoms with E-state index in [9.17, 15) is 24.0 Å².